The molecule has 1 N–H and O–H groups in total. The minimum Gasteiger partial charge on any atom is -0.388 e. The monoisotopic (exact) mass is 421 g/mol. The van der Waals surface area contributed by atoms with Gasteiger partial charge in [-0.05, 0) is 36.9 Å². The summed E-state index contributed by atoms with van der Waals surface area (Å²) >= 11 is 0. The van der Waals surface area contributed by atoms with E-state index in [4.69, 9.17) is 5.11 Å². The first kappa shape index (κ1) is 21.5. The van der Waals surface area contributed by atoms with Crippen molar-refractivity contribution in [2.45, 2.75) is 26.3 Å². The fourth-order valence-corrected chi connectivity index (χ4v) is 4.50. The molecule has 3 heterocycles. The molecule has 164 valence electrons. The van der Waals surface area contributed by atoms with Crippen LogP contribution in [0.3, 0.4) is 0 Å². The summed E-state index contributed by atoms with van der Waals surface area (Å²) in [5, 5.41) is 10.3. The SMILES string of the molecule is CCN(Cc1cn(C)c2ccccc12)CC1CCN(c2ncc(C(=O)CO)cn2)CC1. The first-order chi connectivity index (χ1) is 15.1. The molecule has 3 aromatic rings. The van der Waals surface area contributed by atoms with E-state index in [2.05, 4.69) is 68.8 Å². The first-order valence-electron chi connectivity index (χ1n) is 11.1. The van der Waals surface area contributed by atoms with Crippen LogP contribution in [-0.2, 0) is 13.6 Å². The minimum atomic E-state index is -0.513. The fraction of sp³-hybridized carbons (Fsp3) is 0.458. The van der Waals surface area contributed by atoms with Crippen LogP contribution in [0.1, 0.15) is 35.7 Å². The van der Waals surface area contributed by atoms with Crippen LogP contribution >= 0.6 is 0 Å². The van der Waals surface area contributed by atoms with Gasteiger partial charge in [0.1, 0.15) is 6.61 Å². The molecule has 1 saturated heterocycles. The Balaban J connectivity index is 1.33. The zero-order chi connectivity index (χ0) is 21.8. The summed E-state index contributed by atoms with van der Waals surface area (Å²) in [7, 11) is 2.12. The van der Waals surface area contributed by atoms with Gasteiger partial charge >= 0.3 is 0 Å². The molecule has 31 heavy (non-hydrogen) atoms. The van der Waals surface area contributed by atoms with E-state index < -0.39 is 6.61 Å². The first-order valence-corrected chi connectivity index (χ1v) is 11.1. The second-order valence-electron chi connectivity index (χ2n) is 8.39. The number of nitrogens with zero attached hydrogens (tertiary/aromatic N) is 5. The lowest BCUT2D eigenvalue weighted by Gasteiger charge is -2.34. The minimum absolute atomic E-state index is 0.351. The molecule has 1 fully saturated rings. The van der Waals surface area contributed by atoms with Gasteiger partial charge < -0.3 is 14.6 Å². The molecule has 7 nitrogen and oxygen atoms in total. The Morgan fingerprint density at radius 3 is 2.58 bits per heavy atom. The zero-order valence-corrected chi connectivity index (χ0v) is 18.4. The average Bonchev–Trinajstić information content (AvgIpc) is 3.14. The Bertz CT molecular complexity index is 1020. The van der Waals surface area contributed by atoms with Crippen molar-refractivity contribution < 1.29 is 9.90 Å². The van der Waals surface area contributed by atoms with Crippen LogP contribution in [0.4, 0.5) is 5.95 Å². The van der Waals surface area contributed by atoms with Crippen LogP contribution < -0.4 is 4.90 Å². The van der Waals surface area contributed by atoms with E-state index in [0.29, 0.717) is 17.4 Å². The van der Waals surface area contributed by atoms with E-state index in [1.54, 1.807) is 0 Å². The fourth-order valence-electron chi connectivity index (χ4n) is 4.50. The van der Waals surface area contributed by atoms with Crippen LogP contribution in [0.5, 0.6) is 0 Å². The largest absolute Gasteiger partial charge is 0.388 e. The highest BCUT2D eigenvalue weighted by Crippen LogP contribution is 2.25. The van der Waals surface area contributed by atoms with Crippen molar-refractivity contribution in [2.24, 2.45) is 13.0 Å². The molecule has 1 aliphatic heterocycles. The number of ketones is 1. The van der Waals surface area contributed by atoms with Crippen LogP contribution in [0.25, 0.3) is 10.9 Å². The maximum Gasteiger partial charge on any atom is 0.225 e. The van der Waals surface area contributed by atoms with Gasteiger partial charge in [0.2, 0.25) is 5.95 Å². The van der Waals surface area contributed by atoms with E-state index in [1.165, 1.54) is 28.9 Å². The molecule has 7 heteroatoms. The van der Waals surface area contributed by atoms with Gasteiger partial charge in [-0.2, -0.15) is 0 Å². The van der Waals surface area contributed by atoms with E-state index in [-0.39, 0.29) is 5.78 Å². The highest BCUT2D eigenvalue weighted by atomic mass is 16.3. The van der Waals surface area contributed by atoms with Gasteiger partial charge in [0.15, 0.2) is 5.78 Å². The van der Waals surface area contributed by atoms with E-state index in [0.717, 1.165) is 45.6 Å². The van der Waals surface area contributed by atoms with Crippen molar-refractivity contribution in [2.75, 3.05) is 37.7 Å². The summed E-state index contributed by atoms with van der Waals surface area (Å²) in [6.07, 6.45) is 7.49. The van der Waals surface area contributed by atoms with Gasteiger partial charge in [0.25, 0.3) is 0 Å². The maximum absolute atomic E-state index is 11.5. The van der Waals surface area contributed by atoms with Crippen molar-refractivity contribution in [3.63, 3.8) is 0 Å². The van der Waals surface area contributed by atoms with Gasteiger partial charge in [-0.1, -0.05) is 25.1 Å². The van der Waals surface area contributed by atoms with Crippen LogP contribution in [0.2, 0.25) is 0 Å². The summed E-state index contributed by atoms with van der Waals surface area (Å²) in [5.41, 5.74) is 3.03. The third-order valence-corrected chi connectivity index (χ3v) is 6.34. The molecule has 1 aromatic carbocycles. The number of carbonyl (C=O) groups is 1. The van der Waals surface area contributed by atoms with Crippen molar-refractivity contribution in [1.82, 2.24) is 19.4 Å². The number of Topliss-reactive ketones (excluding diaryl/α,β-unsaturated/α-hetero) is 1. The Labute approximate surface area is 183 Å². The number of hydrogen-bond donors (Lipinski definition) is 1. The Kier molecular flexibility index (Phi) is 6.63. The normalized spacial score (nSPS) is 15.2. The predicted octanol–water partition coefficient (Wildman–Crippen LogP) is 2.88. The van der Waals surface area contributed by atoms with Crippen molar-refractivity contribution in [3.05, 3.63) is 54.0 Å². The second kappa shape index (κ2) is 9.58. The lowest BCUT2D eigenvalue weighted by atomic mass is 9.96. The lowest BCUT2D eigenvalue weighted by molar-refractivity contribution is 0.0903. The number of para-hydroxylation sites is 1. The number of aryl methyl sites for hydroxylation is 1. The molecule has 0 aliphatic carbocycles. The number of piperidine rings is 1. The van der Waals surface area contributed by atoms with Crippen molar-refractivity contribution in [1.29, 1.82) is 0 Å². The standard InChI is InChI=1S/C24H31N5O2/c1-3-28(16-20-15-27(2)22-7-5-4-6-21(20)22)14-18-8-10-29(11-9-18)24-25-12-19(13-26-24)23(31)17-30/h4-7,12-13,15,18,30H,3,8-11,14,16-17H2,1-2H3. The molecule has 2 aromatic heterocycles. The Morgan fingerprint density at radius 2 is 1.90 bits per heavy atom. The number of rotatable bonds is 8. The van der Waals surface area contributed by atoms with E-state index in [9.17, 15) is 4.79 Å². The van der Waals surface area contributed by atoms with Gasteiger partial charge in [0.05, 0.1) is 5.56 Å². The average molecular weight is 422 g/mol. The van der Waals surface area contributed by atoms with Crippen LogP contribution in [0.15, 0.2) is 42.9 Å². The molecular formula is C24H31N5O2. The Hall–Kier alpha value is -2.77. The summed E-state index contributed by atoms with van der Waals surface area (Å²) in [5.74, 6) is 0.966. The summed E-state index contributed by atoms with van der Waals surface area (Å²) in [6.45, 7) is 6.67. The number of aliphatic hydroxyl groups excluding tert-OH is 1. The van der Waals surface area contributed by atoms with Crippen molar-refractivity contribution >= 4 is 22.6 Å². The van der Waals surface area contributed by atoms with Crippen LogP contribution in [0, 0.1) is 5.92 Å². The highest BCUT2D eigenvalue weighted by Gasteiger charge is 2.23. The maximum atomic E-state index is 11.5. The van der Waals surface area contributed by atoms with E-state index in [1.807, 2.05) is 0 Å². The summed E-state index contributed by atoms with van der Waals surface area (Å²) < 4.78 is 2.22. The molecule has 0 unspecified atom stereocenters. The molecule has 1 aliphatic rings. The van der Waals surface area contributed by atoms with Gasteiger partial charge in [0, 0.05) is 62.7 Å². The predicted molar refractivity (Wildman–Crippen MR) is 122 cm³/mol. The van der Waals surface area contributed by atoms with Gasteiger partial charge in [-0.25, -0.2) is 9.97 Å². The van der Waals surface area contributed by atoms with Gasteiger partial charge in [-0.15, -0.1) is 0 Å². The number of aromatic nitrogens is 3. The molecule has 0 bridgehead atoms. The quantitative estimate of drug-likeness (QED) is 0.564. The number of benzene rings is 1. The van der Waals surface area contributed by atoms with Crippen molar-refractivity contribution in [3.8, 4) is 0 Å². The number of fused-ring (bicyclic) bond motifs is 1. The number of anilines is 1. The number of hydrogen-bond acceptors (Lipinski definition) is 6. The molecule has 0 amide bonds. The third kappa shape index (κ3) is 4.78. The Morgan fingerprint density at radius 1 is 1.19 bits per heavy atom. The number of aliphatic hydroxyl groups is 1. The molecule has 0 radical (unpaired) electrons. The summed E-state index contributed by atoms with van der Waals surface area (Å²) in [6, 6.07) is 8.61. The zero-order valence-electron chi connectivity index (χ0n) is 18.4. The molecule has 0 atom stereocenters. The van der Waals surface area contributed by atoms with Crippen LogP contribution in [-0.4, -0.2) is 63.1 Å². The molecule has 0 spiro atoms. The molecule has 0 saturated carbocycles. The highest BCUT2D eigenvalue weighted by molar-refractivity contribution is 5.96. The smallest absolute Gasteiger partial charge is 0.225 e. The second-order valence-corrected chi connectivity index (χ2v) is 8.39. The lowest BCUT2D eigenvalue weighted by Crippen LogP contribution is -2.39. The third-order valence-electron chi connectivity index (χ3n) is 6.34. The molecular weight excluding hydrogens is 390 g/mol. The van der Waals surface area contributed by atoms with E-state index >= 15 is 0 Å². The van der Waals surface area contributed by atoms with Gasteiger partial charge in [-0.3, -0.25) is 9.69 Å². The topological polar surface area (TPSA) is 74.5 Å². The number of carbonyl (C=O) groups excluding carboxylic acids is 1. The summed E-state index contributed by atoms with van der Waals surface area (Å²) in [4.78, 5) is 24.9. The molecule has 4 rings (SSSR count).